The molecule has 1 aromatic rings. The van der Waals surface area contributed by atoms with Gasteiger partial charge >= 0.3 is 0 Å². The molecule has 2 aliphatic rings. The SMILES string of the molecule is Cc1cccc(S(=O)(=O)N2CC[C@]3(CC[C@@H](C(=O)N(C)C)O3)[C@H](C)C2)c1. The first-order valence-electron chi connectivity index (χ1n) is 9.11. The van der Waals surface area contributed by atoms with Crippen LogP contribution in [0.3, 0.4) is 0 Å². The number of sulfonamides is 1. The van der Waals surface area contributed by atoms with Crippen molar-refractivity contribution in [3.63, 3.8) is 0 Å². The number of aryl methyl sites for hydroxylation is 1. The number of benzene rings is 1. The van der Waals surface area contributed by atoms with E-state index in [0.29, 0.717) is 30.8 Å². The molecule has 1 aromatic carbocycles. The maximum atomic E-state index is 13.0. The number of hydrogen-bond donors (Lipinski definition) is 0. The number of carbonyl (C=O) groups excluding carboxylic acids is 1. The highest BCUT2D eigenvalue weighted by Gasteiger charge is 2.50. The van der Waals surface area contributed by atoms with Gasteiger partial charge in [-0.3, -0.25) is 4.79 Å². The van der Waals surface area contributed by atoms with E-state index in [1.807, 2.05) is 19.9 Å². The van der Waals surface area contributed by atoms with Crippen molar-refractivity contribution in [1.82, 2.24) is 9.21 Å². The van der Waals surface area contributed by atoms with Gasteiger partial charge in [-0.25, -0.2) is 8.42 Å². The maximum absolute atomic E-state index is 13.0. The zero-order chi connectivity index (χ0) is 19.1. The first kappa shape index (κ1) is 19.3. The van der Waals surface area contributed by atoms with Gasteiger partial charge in [0.05, 0.1) is 10.5 Å². The van der Waals surface area contributed by atoms with Gasteiger partial charge < -0.3 is 9.64 Å². The number of amides is 1. The van der Waals surface area contributed by atoms with Gasteiger partial charge in [-0.1, -0.05) is 19.1 Å². The van der Waals surface area contributed by atoms with Crippen LogP contribution in [0.15, 0.2) is 29.2 Å². The van der Waals surface area contributed by atoms with Gasteiger partial charge in [-0.15, -0.1) is 0 Å². The van der Waals surface area contributed by atoms with Crippen molar-refractivity contribution in [1.29, 1.82) is 0 Å². The Morgan fingerprint density at radius 3 is 2.65 bits per heavy atom. The largest absolute Gasteiger partial charge is 0.362 e. The van der Waals surface area contributed by atoms with E-state index in [1.165, 1.54) is 0 Å². The first-order valence-corrected chi connectivity index (χ1v) is 10.6. The summed E-state index contributed by atoms with van der Waals surface area (Å²) >= 11 is 0. The highest BCUT2D eigenvalue weighted by atomic mass is 32.2. The summed E-state index contributed by atoms with van der Waals surface area (Å²) in [6.45, 7) is 4.75. The van der Waals surface area contributed by atoms with E-state index in [0.717, 1.165) is 12.0 Å². The molecule has 0 aromatic heterocycles. The van der Waals surface area contributed by atoms with Crippen LogP contribution in [-0.2, 0) is 19.6 Å². The Morgan fingerprint density at radius 1 is 1.31 bits per heavy atom. The quantitative estimate of drug-likeness (QED) is 0.805. The third-order valence-electron chi connectivity index (χ3n) is 5.71. The molecule has 1 spiro atoms. The van der Waals surface area contributed by atoms with Crippen LogP contribution in [-0.4, -0.2) is 62.4 Å². The number of hydrogen-bond acceptors (Lipinski definition) is 4. The minimum atomic E-state index is -3.50. The van der Waals surface area contributed by atoms with Crippen molar-refractivity contribution in [2.75, 3.05) is 27.2 Å². The Hall–Kier alpha value is -1.44. The Morgan fingerprint density at radius 2 is 2.04 bits per heavy atom. The Balaban J connectivity index is 1.74. The summed E-state index contributed by atoms with van der Waals surface area (Å²) in [5, 5.41) is 0. The second kappa shape index (κ2) is 6.94. The van der Waals surface area contributed by atoms with E-state index >= 15 is 0 Å². The summed E-state index contributed by atoms with van der Waals surface area (Å²) in [5.41, 5.74) is 0.534. The van der Waals surface area contributed by atoms with Gasteiger partial charge in [0.1, 0.15) is 6.10 Å². The fourth-order valence-corrected chi connectivity index (χ4v) is 5.69. The molecule has 3 rings (SSSR count). The van der Waals surface area contributed by atoms with Crippen molar-refractivity contribution in [2.24, 2.45) is 5.92 Å². The minimum absolute atomic E-state index is 0.0103. The molecular weight excluding hydrogens is 352 g/mol. The molecular formula is C19H28N2O4S. The monoisotopic (exact) mass is 380 g/mol. The summed E-state index contributed by atoms with van der Waals surface area (Å²) in [6, 6.07) is 7.02. The standard InChI is InChI=1S/C19H28N2O4S/c1-14-6-5-7-16(12-14)26(23,24)21-11-10-19(15(2)13-21)9-8-17(25-19)18(22)20(3)4/h5-7,12,15,17H,8-11,13H2,1-4H3/t15-,17+,19-/m1/s1. The molecule has 2 saturated heterocycles. The average Bonchev–Trinajstić information content (AvgIpc) is 3.01. The lowest BCUT2D eigenvalue weighted by Gasteiger charge is -2.43. The number of likely N-dealkylation sites (N-methyl/N-ethyl adjacent to an activating group) is 1. The van der Waals surface area contributed by atoms with Crippen LogP contribution in [0.2, 0.25) is 0 Å². The molecule has 2 heterocycles. The fraction of sp³-hybridized carbons (Fsp3) is 0.632. The van der Waals surface area contributed by atoms with Crippen LogP contribution in [0.25, 0.3) is 0 Å². The highest BCUT2D eigenvalue weighted by molar-refractivity contribution is 7.89. The highest BCUT2D eigenvalue weighted by Crippen LogP contribution is 2.43. The van der Waals surface area contributed by atoms with Crippen LogP contribution in [0, 0.1) is 12.8 Å². The van der Waals surface area contributed by atoms with Crippen molar-refractivity contribution >= 4 is 15.9 Å². The van der Waals surface area contributed by atoms with Gasteiger partial charge in [0, 0.05) is 27.2 Å². The zero-order valence-electron chi connectivity index (χ0n) is 15.9. The van der Waals surface area contributed by atoms with Crippen LogP contribution in [0.1, 0.15) is 31.7 Å². The average molecular weight is 381 g/mol. The third kappa shape index (κ3) is 3.40. The van der Waals surface area contributed by atoms with Gasteiger partial charge in [0.15, 0.2) is 0 Å². The molecule has 0 aliphatic carbocycles. The fourth-order valence-electron chi connectivity index (χ4n) is 4.05. The normalized spacial score (nSPS) is 29.8. The third-order valence-corrected chi connectivity index (χ3v) is 7.57. The van der Waals surface area contributed by atoms with E-state index in [9.17, 15) is 13.2 Å². The molecule has 0 unspecified atom stereocenters. The number of ether oxygens (including phenoxy) is 1. The second-order valence-corrected chi connectivity index (χ2v) is 9.71. The number of piperidine rings is 1. The summed E-state index contributed by atoms with van der Waals surface area (Å²) in [7, 11) is -0.0378. The number of nitrogens with zero attached hydrogens (tertiary/aromatic N) is 2. The molecule has 2 aliphatic heterocycles. The van der Waals surface area contributed by atoms with Gasteiger partial charge in [-0.2, -0.15) is 4.31 Å². The number of rotatable bonds is 3. The van der Waals surface area contributed by atoms with Gasteiger partial charge in [-0.05, 0) is 49.8 Å². The summed E-state index contributed by atoms with van der Waals surface area (Å²) < 4.78 is 33.7. The lowest BCUT2D eigenvalue weighted by atomic mass is 9.81. The predicted molar refractivity (Wildman–Crippen MR) is 99.3 cm³/mol. The van der Waals surface area contributed by atoms with Crippen LogP contribution >= 0.6 is 0 Å². The molecule has 7 heteroatoms. The number of carbonyl (C=O) groups is 1. The molecule has 0 radical (unpaired) electrons. The molecule has 0 bridgehead atoms. The van der Waals surface area contributed by atoms with E-state index < -0.39 is 21.7 Å². The van der Waals surface area contributed by atoms with Crippen molar-refractivity contribution < 1.29 is 17.9 Å². The van der Waals surface area contributed by atoms with E-state index in [4.69, 9.17) is 4.74 Å². The maximum Gasteiger partial charge on any atom is 0.251 e. The summed E-state index contributed by atoms with van der Waals surface area (Å²) in [4.78, 5) is 14.1. The first-order chi connectivity index (χ1) is 12.2. The summed E-state index contributed by atoms with van der Waals surface area (Å²) in [6.07, 6.45) is 1.71. The van der Waals surface area contributed by atoms with Crippen LogP contribution in [0.5, 0.6) is 0 Å². The molecule has 144 valence electrons. The van der Waals surface area contributed by atoms with Crippen LogP contribution in [0.4, 0.5) is 0 Å². The molecule has 6 nitrogen and oxygen atoms in total. The van der Waals surface area contributed by atoms with E-state index in [2.05, 4.69) is 0 Å². The van der Waals surface area contributed by atoms with Crippen LogP contribution < -0.4 is 0 Å². The van der Waals surface area contributed by atoms with Gasteiger partial charge in [0.25, 0.3) is 5.91 Å². The Bertz CT molecular complexity index is 792. The Labute approximate surface area is 156 Å². The molecule has 0 saturated carbocycles. The van der Waals surface area contributed by atoms with Crippen molar-refractivity contribution in [3.8, 4) is 0 Å². The van der Waals surface area contributed by atoms with Crippen molar-refractivity contribution in [2.45, 2.75) is 49.7 Å². The van der Waals surface area contributed by atoms with E-state index in [-0.39, 0.29) is 11.8 Å². The molecule has 3 atom stereocenters. The molecule has 26 heavy (non-hydrogen) atoms. The predicted octanol–water partition coefficient (Wildman–Crippen LogP) is 2.03. The van der Waals surface area contributed by atoms with Crippen molar-refractivity contribution in [3.05, 3.63) is 29.8 Å². The van der Waals surface area contributed by atoms with Gasteiger partial charge in [0.2, 0.25) is 10.0 Å². The lowest BCUT2D eigenvalue weighted by Crippen LogP contribution is -2.52. The zero-order valence-corrected chi connectivity index (χ0v) is 16.8. The van der Waals surface area contributed by atoms with E-state index in [1.54, 1.807) is 41.5 Å². The molecule has 0 N–H and O–H groups in total. The molecule has 2 fully saturated rings. The summed E-state index contributed by atoms with van der Waals surface area (Å²) in [5.74, 6) is 0.0275. The lowest BCUT2D eigenvalue weighted by molar-refractivity contribution is -0.152. The second-order valence-electron chi connectivity index (χ2n) is 7.77. The Kier molecular flexibility index (Phi) is 5.16. The minimum Gasteiger partial charge on any atom is -0.362 e. The topological polar surface area (TPSA) is 66.9 Å². The molecule has 1 amide bonds. The smallest absolute Gasteiger partial charge is 0.251 e.